The van der Waals surface area contributed by atoms with Gasteiger partial charge in [0.2, 0.25) is 0 Å². The molecule has 0 aromatic carbocycles. The summed E-state index contributed by atoms with van der Waals surface area (Å²) in [5.41, 5.74) is 1.13. The summed E-state index contributed by atoms with van der Waals surface area (Å²) in [6, 6.07) is 0. The summed E-state index contributed by atoms with van der Waals surface area (Å²) in [6.07, 6.45) is 0.0278. The Balaban J connectivity index is 0.00000176. The summed E-state index contributed by atoms with van der Waals surface area (Å²) < 4.78 is 14.1. The van der Waals surface area contributed by atoms with Gasteiger partial charge in [-0.05, 0) is 0 Å². The molecule has 4 radical (unpaired) electrons. The fourth-order valence-electron chi connectivity index (χ4n) is 2.55. The van der Waals surface area contributed by atoms with Gasteiger partial charge in [0.15, 0.2) is 17.4 Å². The molecule has 1 fully saturated rings. The number of aromatic nitrogens is 4. The van der Waals surface area contributed by atoms with Crippen molar-refractivity contribution < 1.29 is 19.7 Å². The van der Waals surface area contributed by atoms with E-state index in [0.29, 0.717) is 11.2 Å². The predicted molar refractivity (Wildman–Crippen MR) is 75.9 cm³/mol. The summed E-state index contributed by atoms with van der Waals surface area (Å²) in [5, 5.41) is 27.3. The van der Waals surface area contributed by atoms with Crippen molar-refractivity contribution in [3.8, 4) is 0 Å². The molecule has 0 saturated carbocycles. The van der Waals surface area contributed by atoms with Crippen molar-refractivity contribution in [3.05, 3.63) is 18.1 Å². The maximum atomic E-state index is 10.1. The SMILES string of the molecule is CO[C@@H]1[C@H](O)[C@@H](CO)O[C@H]1n1cnc2c(=N)n(C)cnc21.[Sn]. The van der Waals surface area contributed by atoms with Gasteiger partial charge in [0.25, 0.3) is 0 Å². The van der Waals surface area contributed by atoms with Crippen molar-refractivity contribution in [1.82, 2.24) is 19.1 Å². The number of nitrogens with zero attached hydrogens (tertiary/aromatic N) is 4. The number of nitrogens with one attached hydrogen (secondary N) is 1. The summed E-state index contributed by atoms with van der Waals surface area (Å²) in [6.45, 7) is -0.309. The minimum atomic E-state index is -0.947. The van der Waals surface area contributed by atoms with E-state index < -0.39 is 24.5 Å². The van der Waals surface area contributed by atoms with Gasteiger partial charge in [0, 0.05) is 38.1 Å². The molecule has 1 aliphatic heterocycles. The van der Waals surface area contributed by atoms with Crippen LogP contribution in [0.1, 0.15) is 6.23 Å². The molecular formula is C12H17N5O4Sn. The second kappa shape index (κ2) is 6.62. The number of hydrogen-bond acceptors (Lipinski definition) is 7. The Morgan fingerprint density at radius 3 is 2.77 bits per heavy atom. The van der Waals surface area contributed by atoms with E-state index in [0.717, 1.165) is 0 Å². The first-order valence-electron chi connectivity index (χ1n) is 6.48. The number of rotatable bonds is 3. The first-order chi connectivity index (χ1) is 10.1. The molecule has 0 bridgehead atoms. The molecule has 1 aliphatic rings. The summed E-state index contributed by atoms with van der Waals surface area (Å²) >= 11 is 0. The molecule has 2 aromatic rings. The van der Waals surface area contributed by atoms with E-state index >= 15 is 0 Å². The molecule has 3 heterocycles. The molecule has 0 unspecified atom stereocenters. The van der Waals surface area contributed by atoms with Gasteiger partial charge < -0.3 is 24.3 Å². The molecule has 1 saturated heterocycles. The van der Waals surface area contributed by atoms with Crippen LogP contribution in [0.5, 0.6) is 0 Å². The van der Waals surface area contributed by atoms with Gasteiger partial charge in [-0.3, -0.25) is 9.98 Å². The number of imidazole rings is 1. The van der Waals surface area contributed by atoms with Gasteiger partial charge in [0.05, 0.1) is 19.3 Å². The zero-order valence-electron chi connectivity index (χ0n) is 12.2. The van der Waals surface area contributed by atoms with Gasteiger partial charge in [-0.2, -0.15) is 0 Å². The number of ether oxygens (including phenoxy) is 2. The molecule has 0 amide bonds. The molecule has 10 heteroatoms. The standard InChI is InChI=1S/C12H17N5O4.Sn/c1-16-4-15-11-7(10(16)13)14-5-17(11)12-9(20-2)8(19)6(3-18)21-12;/h4-6,8-9,12-13,18-19H,3H2,1-2H3;/t6-,8-,9-,12-;/m1./s1. The molecule has 9 nitrogen and oxygen atoms in total. The van der Waals surface area contributed by atoms with Crippen LogP contribution in [0.2, 0.25) is 0 Å². The zero-order valence-corrected chi connectivity index (χ0v) is 15.0. The van der Waals surface area contributed by atoms with Gasteiger partial charge in [-0.15, -0.1) is 0 Å². The molecular weight excluding hydrogens is 397 g/mol. The largest absolute Gasteiger partial charge is 0.394 e. The Bertz CT molecular complexity index is 717. The van der Waals surface area contributed by atoms with E-state index in [1.165, 1.54) is 19.8 Å². The third-order valence-corrected chi connectivity index (χ3v) is 3.74. The van der Waals surface area contributed by atoms with Crippen molar-refractivity contribution in [2.75, 3.05) is 13.7 Å². The maximum absolute atomic E-state index is 10.1. The summed E-state index contributed by atoms with van der Waals surface area (Å²) in [5.74, 6) is 0. The average Bonchev–Trinajstić information content (AvgIpc) is 3.03. The van der Waals surface area contributed by atoms with Crippen LogP contribution in [-0.2, 0) is 16.5 Å². The number of aryl methyl sites for hydroxylation is 1. The normalized spacial score (nSPS) is 28.0. The van der Waals surface area contributed by atoms with Crippen LogP contribution < -0.4 is 5.49 Å². The second-order valence-corrected chi connectivity index (χ2v) is 4.97. The molecule has 0 aliphatic carbocycles. The third kappa shape index (κ3) is 2.56. The summed E-state index contributed by atoms with van der Waals surface area (Å²) in [4.78, 5) is 8.44. The van der Waals surface area contributed by atoms with Gasteiger partial charge in [-0.1, -0.05) is 0 Å². The van der Waals surface area contributed by atoms with Gasteiger partial charge >= 0.3 is 0 Å². The van der Waals surface area contributed by atoms with Crippen molar-refractivity contribution in [2.24, 2.45) is 7.05 Å². The molecule has 3 rings (SSSR count). The number of aliphatic hydroxyl groups excluding tert-OH is 2. The minimum absolute atomic E-state index is 0. The Hall–Kier alpha value is -1.01. The van der Waals surface area contributed by atoms with Crippen LogP contribution in [0.3, 0.4) is 0 Å². The first-order valence-corrected chi connectivity index (χ1v) is 6.48. The molecule has 0 spiro atoms. The minimum Gasteiger partial charge on any atom is -0.394 e. The molecule has 3 N–H and O–H groups in total. The van der Waals surface area contributed by atoms with Crippen LogP contribution in [0, 0.1) is 5.41 Å². The van der Waals surface area contributed by atoms with Crippen LogP contribution >= 0.6 is 0 Å². The smallest absolute Gasteiger partial charge is 0.167 e. The van der Waals surface area contributed by atoms with E-state index in [-0.39, 0.29) is 36.0 Å². The summed E-state index contributed by atoms with van der Waals surface area (Å²) in [7, 11) is 3.18. The monoisotopic (exact) mass is 415 g/mol. The van der Waals surface area contributed by atoms with Crippen LogP contribution in [0.15, 0.2) is 12.7 Å². The van der Waals surface area contributed by atoms with Crippen LogP contribution in [0.25, 0.3) is 11.2 Å². The topological polar surface area (TPSA) is 118 Å². The second-order valence-electron chi connectivity index (χ2n) is 4.97. The number of hydrogen-bond donors (Lipinski definition) is 3. The predicted octanol–water partition coefficient (Wildman–Crippen LogP) is -1.87. The van der Waals surface area contributed by atoms with Crippen molar-refractivity contribution in [2.45, 2.75) is 24.5 Å². The molecule has 22 heavy (non-hydrogen) atoms. The van der Waals surface area contributed by atoms with Crippen molar-refractivity contribution in [3.63, 3.8) is 0 Å². The molecule has 2 aromatic heterocycles. The maximum Gasteiger partial charge on any atom is 0.167 e. The Labute approximate surface area is 143 Å². The zero-order chi connectivity index (χ0) is 15.1. The fourth-order valence-corrected chi connectivity index (χ4v) is 2.55. The van der Waals surface area contributed by atoms with Crippen molar-refractivity contribution in [1.29, 1.82) is 5.41 Å². The van der Waals surface area contributed by atoms with E-state index in [2.05, 4.69) is 9.97 Å². The van der Waals surface area contributed by atoms with Crippen LogP contribution in [-0.4, -0.2) is 85.3 Å². The number of fused-ring (bicyclic) bond motifs is 1. The number of aliphatic hydroxyl groups is 2. The quantitative estimate of drug-likeness (QED) is 0.507. The molecule has 118 valence electrons. The van der Waals surface area contributed by atoms with Gasteiger partial charge in [0.1, 0.15) is 23.8 Å². The fraction of sp³-hybridized carbons (Fsp3) is 0.583. The van der Waals surface area contributed by atoms with E-state index in [1.807, 2.05) is 0 Å². The Morgan fingerprint density at radius 2 is 2.14 bits per heavy atom. The van der Waals surface area contributed by atoms with Crippen molar-refractivity contribution >= 4 is 35.1 Å². The van der Waals surface area contributed by atoms with E-state index in [1.54, 1.807) is 16.2 Å². The van der Waals surface area contributed by atoms with Gasteiger partial charge in [-0.25, -0.2) is 9.97 Å². The van der Waals surface area contributed by atoms with E-state index in [4.69, 9.17) is 14.9 Å². The van der Waals surface area contributed by atoms with E-state index in [9.17, 15) is 10.2 Å². The first kappa shape index (κ1) is 17.3. The molecule has 4 atom stereocenters. The average molecular weight is 414 g/mol. The number of methoxy groups -OCH3 is 1. The van der Waals surface area contributed by atoms with Crippen LogP contribution in [0.4, 0.5) is 0 Å². The Kier molecular flexibility index (Phi) is 5.22. The Morgan fingerprint density at radius 1 is 1.41 bits per heavy atom. The third-order valence-electron chi connectivity index (χ3n) is 3.74.